The summed E-state index contributed by atoms with van der Waals surface area (Å²) in [5.74, 6) is -0.362. The fraction of sp³-hybridized carbons (Fsp3) is 0.222. The first-order valence-corrected chi connectivity index (χ1v) is 8.40. The lowest BCUT2D eigenvalue weighted by atomic mass is 10.1. The van der Waals surface area contributed by atoms with Gasteiger partial charge in [0, 0.05) is 12.1 Å². The number of thioether (sulfide) groups is 1. The molecule has 23 heavy (non-hydrogen) atoms. The smallest absolute Gasteiger partial charge is 0.175 e. The van der Waals surface area contributed by atoms with Crippen LogP contribution in [0.2, 0.25) is 0 Å². The van der Waals surface area contributed by atoms with Crippen molar-refractivity contribution in [3.63, 3.8) is 0 Å². The number of benzene rings is 2. The highest BCUT2D eigenvalue weighted by molar-refractivity contribution is 8.00. The number of carbonyl (C=O) groups excluding carboxylic acids is 1. The molecule has 0 saturated heterocycles. The normalized spacial score (nSPS) is 12.5. The molecule has 1 heterocycles. The van der Waals surface area contributed by atoms with Crippen LogP contribution in [0.3, 0.4) is 0 Å². The van der Waals surface area contributed by atoms with Gasteiger partial charge < -0.3 is 4.57 Å². The molecule has 3 rings (SSSR count). The first-order valence-electron chi connectivity index (χ1n) is 7.52. The van der Waals surface area contributed by atoms with Crippen LogP contribution in [-0.4, -0.2) is 20.6 Å². The molecule has 1 unspecified atom stereocenters. The largest absolute Gasteiger partial charge is 0.319 e. The summed E-state index contributed by atoms with van der Waals surface area (Å²) in [6.07, 6.45) is 0. The van der Waals surface area contributed by atoms with Crippen molar-refractivity contribution in [1.82, 2.24) is 9.55 Å². The highest BCUT2D eigenvalue weighted by Crippen LogP contribution is 2.28. The van der Waals surface area contributed by atoms with Gasteiger partial charge in [-0.25, -0.2) is 9.37 Å². The molecule has 0 radical (unpaired) electrons. The summed E-state index contributed by atoms with van der Waals surface area (Å²) in [6, 6.07) is 13.6. The van der Waals surface area contributed by atoms with Crippen molar-refractivity contribution in [2.45, 2.75) is 30.8 Å². The Balaban J connectivity index is 1.86. The number of aryl methyl sites for hydroxylation is 1. The minimum atomic E-state index is -0.338. The van der Waals surface area contributed by atoms with Gasteiger partial charge in [-0.1, -0.05) is 23.9 Å². The van der Waals surface area contributed by atoms with Gasteiger partial charge in [-0.05, 0) is 50.2 Å². The van der Waals surface area contributed by atoms with Crippen molar-refractivity contribution in [3.05, 3.63) is 59.9 Å². The van der Waals surface area contributed by atoms with Crippen LogP contribution >= 0.6 is 11.8 Å². The second kappa shape index (κ2) is 6.54. The van der Waals surface area contributed by atoms with Gasteiger partial charge >= 0.3 is 0 Å². The number of halogens is 1. The number of para-hydroxylation sites is 2. The fourth-order valence-corrected chi connectivity index (χ4v) is 3.57. The average molecular weight is 328 g/mol. The SMILES string of the molecule is CCn1c(SC(C)C(=O)c2ccc(F)cc2)nc2ccccc21. The summed E-state index contributed by atoms with van der Waals surface area (Å²) in [5, 5.41) is 0.541. The Hall–Kier alpha value is -2.14. The topological polar surface area (TPSA) is 34.9 Å². The Bertz CT molecular complexity index is 842. The quantitative estimate of drug-likeness (QED) is 0.509. The van der Waals surface area contributed by atoms with Crippen LogP contribution in [0.5, 0.6) is 0 Å². The van der Waals surface area contributed by atoms with Gasteiger partial charge in [-0.3, -0.25) is 4.79 Å². The van der Waals surface area contributed by atoms with E-state index in [1.165, 1.54) is 36.0 Å². The van der Waals surface area contributed by atoms with E-state index in [4.69, 9.17) is 0 Å². The third-order valence-corrected chi connectivity index (χ3v) is 4.81. The zero-order valence-corrected chi connectivity index (χ0v) is 13.8. The summed E-state index contributed by atoms with van der Waals surface area (Å²) in [7, 11) is 0. The van der Waals surface area contributed by atoms with E-state index in [9.17, 15) is 9.18 Å². The van der Waals surface area contributed by atoms with Gasteiger partial charge in [-0.2, -0.15) is 0 Å². The monoisotopic (exact) mass is 328 g/mol. The molecule has 1 aromatic heterocycles. The Morgan fingerprint density at radius 2 is 1.91 bits per heavy atom. The molecule has 0 aliphatic heterocycles. The number of aromatic nitrogens is 2. The number of fused-ring (bicyclic) bond motifs is 1. The summed E-state index contributed by atoms with van der Waals surface area (Å²) in [4.78, 5) is 17.1. The second-order valence-electron chi connectivity index (χ2n) is 5.26. The molecular weight excluding hydrogens is 311 g/mol. The van der Waals surface area contributed by atoms with Crippen LogP contribution in [0.25, 0.3) is 11.0 Å². The molecule has 0 bridgehead atoms. The van der Waals surface area contributed by atoms with E-state index < -0.39 is 0 Å². The van der Waals surface area contributed by atoms with E-state index in [-0.39, 0.29) is 16.9 Å². The number of hydrogen-bond donors (Lipinski definition) is 0. The lowest BCUT2D eigenvalue weighted by Crippen LogP contribution is -2.14. The summed E-state index contributed by atoms with van der Waals surface area (Å²) in [5.41, 5.74) is 2.52. The summed E-state index contributed by atoms with van der Waals surface area (Å²) >= 11 is 1.44. The van der Waals surface area contributed by atoms with Crippen molar-refractivity contribution in [2.24, 2.45) is 0 Å². The average Bonchev–Trinajstić information content (AvgIpc) is 2.91. The van der Waals surface area contributed by atoms with Crippen LogP contribution in [-0.2, 0) is 6.54 Å². The number of imidazole rings is 1. The third-order valence-electron chi connectivity index (χ3n) is 3.72. The molecule has 5 heteroatoms. The van der Waals surface area contributed by atoms with Gasteiger partial charge in [0.05, 0.1) is 16.3 Å². The molecule has 2 aromatic carbocycles. The number of carbonyl (C=O) groups is 1. The summed E-state index contributed by atoms with van der Waals surface area (Å²) in [6.45, 7) is 4.71. The highest BCUT2D eigenvalue weighted by atomic mass is 32.2. The van der Waals surface area contributed by atoms with Crippen LogP contribution in [0.1, 0.15) is 24.2 Å². The van der Waals surface area contributed by atoms with Crippen LogP contribution < -0.4 is 0 Å². The lowest BCUT2D eigenvalue weighted by Gasteiger charge is -2.11. The van der Waals surface area contributed by atoms with Gasteiger partial charge in [0.15, 0.2) is 10.9 Å². The number of Topliss-reactive ketones (excluding diaryl/α,β-unsaturated/α-hetero) is 1. The highest BCUT2D eigenvalue weighted by Gasteiger charge is 2.20. The van der Waals surface area contributed by atoms with E-state index >= 15 is 0 Å². The second-order valence-corrected chi connectivity index (χ2v) is 6.57. The Kier molecular flexibility index (Phi) is 4.48. The molecular formula is C18H17FN2OS. The van der Waals surface area contributed by atoms with Crippen molar-refractivity contribution in [3.8, 4) is 0 Å². The standard InChI is InChI=1S/C18H17FN2OS/c1-3-21-16-7-5-4-6-15(16)20-18(21)23-12(2)17(22)13-8-10-14(19)11-9-13/h4-12H,3H2,1-2H3. The number of rotatable bonds is 5. The first kappa shape index (κ1) is 15.7. The van der Waals surface area contributed by atoms with Crippen LogP contribution in [0.4, 0.5) is 4.39 Å². The van der Waals surface area contributed by atoms with E-state index in [2.05, 4.69) is 16.5 Å². The van der Waals surface area contributed by atoms with Crippen molar-refractivity contribution < 1.29 is 9.18 Å². The molecule has 0 N–H and O–H groups in total. The molecule has 0 amide bonds. The number of ketones is 1. The minimum absolute atomic E-state index is 0.0234. The van der Waals surface area contributed by atoms with Crippen molar-refractivity contribution in [1.29, 1.82) is 0 Å². The molecule has 3 aromatic rings. The Morgan fingerprint density at radius 1 is 1.22 bits per heavy atom. The molecule has 118 valence electrons. The van der Waals surface area contributed by atoms with E-state index in [1.54, 1.807) is 0 Å². The van der Waals surface area contributed by atoms with Gasteiger partial charge in [0.1, 0.15) is 5.82 Å². The third kappa shape index (κ3) is 3.15. The molecule has 0 aliphatic carbocycles. The molecule has 0 spiro atoms. The fourth-order valence-electron chi connectivity index (χ4n) is 2.51. The van der Waals surface area contributed by atoms with Gasteiger partial charge in [-0.15, -0.1) is 0 Å². The van der Waals surface area contributed by atoms with E-state index in [0.717, 1.165) is 22.7 Å². The van der Waals surface area contributed by atoms with Crippen LogP contribution in [0.15, 0.2) is 53.7 Å². The van der Waals surface area contributed by atoms with E-state index in [0.29, 0.717) is 5.56 Å². The van der Waals surface area contributed by atoms with Gasteiger partial charge in [0.25, 0.3) is 0 Å². The number of nitrogens with zero attached hydrogens (tertiary/aromatic N) is 2. The molecule has 1 atom stereocenters. The Morgan fingerprint density at radius 3 is 2.61 bits per heavy atom. The minimum Gasteiger partial charge on any atom is -0.319 e. The van der Waals surface area contributed by atoms with Crippen molar-refractivity contribution >= 4 is 28.6 Å². The first-order chi connectivity index (χ1) is 11.1. The maximum Gasteiger partial charge on any atom is 0.175 e. The molecule has 0 aliphatic rings. The van der Waals surface area contributed by atoms with Gasteiger partial charge in [0.2, 0.25) is 0 Å². The maximum absolute atomic E-state index is 13.0. The predicted molar refractivity (Wildman–Crippen MR) is 91.5 cm³/mol. The summed E-state index contributed by atoms with van der Waals surface area (Å²) < 4.78 is 15.1. The predicted octanol–water partition coefficient (Wildman–Crippen LogP) is 4.56. The molecule has 0 saturated carbocycles. The molecule has 0 fully saturated rings. The van der Waals surface area contributed by atoms with Crippen LogP contribution in [0, 0.1) is 5.82 Å². The maximum atomic E-state index is 13.0. The zero-order valence-electron chi connectivity index (χ0n) is 13.0. The number of hydrogen-bond acceptors (Lipinski definition) is 3. The van der Waals surface area contributed by atoms with E-state index in [1.807, 2.05) is 31.2 Å². The Labute approximate surface area is 138 Å². The van der Waals surface area contributed by atoms with Crippen molar-refractivity contribution in [2.75, 3.05) is 0 Å². The lowest BCUT2D eigenvalue weighted by molar-refractivity contribution is 0.0994. The zero-order chi connectivity index (χ0) is 16.4. The molecule has 3 nitrogen and oxygen atoms in total.